The van der Waals surface area contributed by atoms with Crippen LogP contribution in [0.4, 0.5) is 0 Å². The van der Waals surface area contributed by atoms with Crippen molar-refractivity contribution in [2.24, 2.45) is 0 Å². The predicted octanol–water partition coefficient (Wildman–Crippen LogP) is 3.01. The Morgan fingerprint density at radius 2 is 2.06 bits per heavy atom. The SMILES string of the molecule is Cc1cc(C(=S)NC[Si](C)(C)C)ccc1C#N. The third kappa shape index (κ3) is 4.29. The van der Waals surface area contributed by atoms with Crippen LogP contribution in [0.2, 0.25) is 19.6 Å². The maximum Gasteiger partial charge on any atom is 0.106 e. The summed E-state index contributed by atoms with van der Waals surface area (Å²) in [4.78, 5) is 0.778. The molecule has 4 heteroatoms. The van der Waals surface area contributed by atoms with Gasteiger partial charge in [0.1, 0.15) is 4.99 Å². The molecule has 1 aromatic carbocycles. The largest absolute Gasteiger partial charge is 0.379 e. The third-order valence-electron chi connectivity index (χ3n) is 2.39. The minimum absolute atomic E-state index is 0.710. The number of nitrogens with one attached hydrogen (secondary N) is 1. The molecule has 17 heavy (non-hydrogen) atoms. The van der Waals surface area contributed by atoms with Crippen molar-refractivity contribution in [3.05, 3.63) is 34.9 Å². The first kappa shape index (κ1) is 13.9. The van der Waals surface area contributed by atoms with Crippen LogP contribution in [0.15, 0.2) is 18.2 Å². The Kier molecular flexibility index (Phi) is 4.44. The summed E-state index contributed by atoms with van der Waals surface area (Å²) in [6.07, 6.45) is 0.977. The van der Waals surface area contributed by atoms with E-state index in [1.54, 1.807) is 0 Å². The molecule has 1 N–H and O–H groups in total. The molecule has 0 heterocycles. The van der Waals surface area contributed by atoms with Crippen LogP contribution in [0, 0.1) is 18.3 Å². The lowest BCUT2D eigenvalue weighted by Gasteiger charge is -2.18. The van der Waals surface area contributed by atoms with E-state index in [-0.39, 0.29) is 0 Å². The van der Waals surface area contributed by atoms with Gasteiger partial charge in [0, 0.05) is 11.7 Å². The maximum absolute atomic E-state index is 8.87. The van der Waals surface area contributed by atoms with Gasteiger partial charge in [-0.25, -0.2) is 0 Å². The van der Waals surface area contributed by atoms with Crippen LogP contribution in [0.5, 0.6) is 0 Å². The number of nitriles is 1. The van der Waals surface area contributed by atoms with Gasteiger partial charge in [0.05, 0.1) is 19.7 Å². The fourth-order valence-corrected chi connectivity index (χ4v) is 2.41. The molecule has 0 aliphatic heterocycles. The standard InChI is InChI=1S/C13H18N2SSi/c1-10-7-11(5-6-12(10)8-14)13(16)15-9-17(2,3)4/h5-7H,9H2,1-4H3,(H,15,16). The first-order chi connectivity index (χ1) is 7.83. The third-order valence-corrected chi connectivity index (χ3v) is 4.01. The Bertz CT molecular complexity index is 469. The van der Waals surface area contributed by atoms with Crippen molar-refractivity contribution in [1.29, 1.82) is 5.26 Å². The van der Waals surface area contributed by atoms with Crippen molar-refractivity contribution < 1.29 is 0 Å². The smallest absolute Gasteiger partial charge is 0.106 e. The van der Waals surface area contributed by atoms with Gasteiger partial charge in [0.15, 0.2) is 0 Å². The van der Waals surface area contributed by atoms with E-state index >= 15 is 0 Å². The van der Waals surface area contributed by atoms with E-state index in [0.29, 0.717) is 5.56 Å². The average Bonchev–Trinajstić information content (AvgIpc) is 2.24. The van der Waals surface area contributed by atoms with Crippen molar-refractivity contribution in [2.45, 2.75) is 26.6 Å². The van der Waals surface area contributed by atoms with Crippen LogP contribution in [0.25, 0.3) is 0 Å². The number of benzene rings is 1. The van der Waals surface area contributed by atoms with Crippen molar-refractivity contribution in [3.63, 3.8) is 0 Å². The molecule has 0 fully saturated rings. The van der Waals surface area contributed by atoms with Crippen LogP contribution >= 0.6 is 12.2 Å². The second-order valence-electron chi connectivity index (χ2n) is 5.38. The molecule has 2 nitrogen and oxygen atoms in total. The summed E-state index contributed by atoms with van der Waals surface area (Å²) >= 11 is 5.36. The van der Waals surface area contributed by atoms with E-state index in [0.717, 1.165) is 22.3 Å². The van der Waals surface area contributed by atoms with E-state index < -0.39 is 8.07 Å². The Balaban J connectivity index is 2.78. The molecular weight excluding hydrogens is 244 g/mol. The molecule has 0 saturated carbocycles. The number of aryl methyl sites for hydroxylation is 1. The molecule has 0 aliphatic rings. The molecule has 0 bridgehead atoms. The molecule has 0 amide bonds. The number of hydrogen-bond acceptors (Lipinski definition) is 2. The quantitative estimate of drug-likeness (QED) is 0.672. The lowest BCUT2D eigenvalue weighted by Crippen LogP contribution is -2.39. The minimum Gasteiger partial charge on any atom is -0.379 e. The first-order valence-corrected chi connectivity index (χ1v) is 9.74. The number of nitrogens with zero attached hydrogens (tertiary/aromatic N) is 1. The van der Waals surface area contributed by atoms with Gasteiger partial charge in [-0.2, -0.15) is 5.26 Å². The van der Waals surface area contributed by atoms with E-state index in [1.807, 2.05) is 25.1 Å². The molecule has 0 atom stereocenters. The van der Waals surface area contributed by atoms with Crippen LogP contribution in [-0.2, 0) is 0 Å². The van der Waals surface area contributed by atoms with Crippen molar-refractivity contribution >= 4 is 25.3 Å². The lowest BCUT2D eigenvalue weighted by atomic mass is 10.1. The monoisotopic (exact) mass is 262 g/mol. The van der Waals surface area contributed by atoms with Crippen LogP contribution in [0.3, 0.4) is 0 Å². The summed E-state index contributed by atoms with van der Waals surface area (Å²) in [5.41, 5.74) is 2.68. The average molecular weight is 262 g/mol. The summed E-state index contributed by atoms with van der Waals surface area (Å²) in [6.45, 7) is 8.83. The Morgan fingerprint density at radius 3 is 2.53 bits per heavy atom. The Labute approximate surface area is 110 Å². The summed E-state index contributed by atoms with van der Waals surface area (Å²) in [6, 6.07) is 7.87. The highest BCUT2D eigenvalue weighted by Crippen LogP contribution is 2.10. The normalized spacial score (nSPS) is 10.8. The van der Waals surface area contributed by atoms with Gasteiger partial charge >= 0.3 is 0 Å². The van der Waals surface area contributed by atoms with E-state index in [9.17, 15) is 0 Å². The molecule has 0 aromatic heterocycles. The van der Waals surface area contributed by atoms with Gasteiger partial charge in [0.25, 0.3) is 0 Å². The molecule has 1 aromatic rings. The first-order valence-electron chi connectivity index (χ1n) is 5.62. The molecule has 0 saturated heterocycles. The van der Waals surface area contributed by atoms with Crippen molar-refractivity contribution in [1.82, 2.24) is 5.32 Å². The molecule has 90 valence electrons. The Hall–Kier alpha value is -1.18. The fourth-order valence-electron chi connectivity index (χ4n) is 1.38. The van der Waals surface area contributed by atoms with E-state index in [4.69, 9.17) is 17.5 Å². The van der Waals surface area contributed by atoms with Crippen LogP contribution < -0.4 is 5.32 Å². The van der Waals surface area contributed by atoms with Gasteiger partial charge in [0.2, 0.25) is 0 Å². The number of hydrogen-bond donors (Lipinski definition) is 1. The van der Waals surface area contributed by atoms with Crippen LogP contribution in [-0.4, -0.2) is 19.2 Å². The molecule has 1 rings (SSSR count). The van der Waals surface area contributed by atoms with Gasteiger partial charge in [-0.05, 0) is 24.6 Å². The van der Waals surface area contributed by atoms with Crippen molar-refractivity contribution in [2.75, 3.05) is 6.17 Å². The lowest BCUT2D eigenvalue weighted by molar-refractivity contribution is 1.09. The molecule has 0 unspecified atom stereocenters. The highest BCUT2D eigenvalue weighted by molar-refractivity contribution is 7.80. The van der Waals surface area contributed by atoms with Gasteiger partial charge in [-0.15, -0.1) is 0 Å². The van der Waals surface area contributed by atoms with E-state index in [1.165, 1.54) is 0 Å². The van der Waals surface area contributed by atoms with Crippen LogP contribution in [0.1, 0.15) is 16.7 Å². The predicted molar refractivity (Wildman–Crippen MR) is 78.9 cm³/mol. The van der Waals surface area contributed by atoms with Gasteiger partial charge in [-0.3, -0.25) is 0 Å². The zero-order chi connectivity index (χ0) is 13.1. The number of thiocarbonyl (C=S) groups is 1. The van der Waals surface area contributed by atoms with Gasteiger partial charge in [-0.1, -0.05) is 37.9 Å². The molecular formula is C13H18N2SSi. The minimum atomic E-state index is -1.14. The maximum atomic E-state index is 8.87. The summed E-state index contributed by atoms with van der Waals surface area (Å²) in [5.74, 6) is 0. The summed E-state index contributed by atoms with van der Waals surface area (Å²) in [7, 11) is -1.14. The second-order valence-corrected chi connectivity index (χ2v) is 11.3. The van der Waals surface area contributed by atoms with Gasteiger partial charge < -0.3 is 5.32 Å². The summed E-state index contributed by atoms with van der Waals surface area (Å²) in [5, 5.41) is 12.2. The topological polar surface area (TPSA) is 35.8 Å². The van der Waals surface area contributed by atoms with E-state index in [2.05, 4.69) is 31.0 Å². The number of rotatable bonds is 3. The fraction of sp³-hybridized carbons (Fsp3) is 0.385. The highest BCUT2D eigenvalue weighted by Gasteiger charge is 2.13. The van der Waals surface area contributed by atoms with Crippen molar-refractivity contribution in [3.8, 4) is 6.07 Å². The summed E-state index contributed by atoms with van der Waals surface area (Å²) < 4.78 is 0. The molecule has 0 aliphatic carbocycles. The molecule has 0 spiro atoms. The highest BCUT2D eigenvalue weighted by atomic mass is 32.1. The second kappa shape index (κ2) is 5.43. The zero-order valence-corrected chi connectivity index (χ0v) is 12.6. The molecule has 0 radical (unpaired) electrons. The Morgan fingerprint density at radius 1 is 1.41 bits per heavy atom. The zero-order valence-electron chi connectivity index (χ0n) is 10.8.